The quantitative estimate of drug-likeness (QED) is 0.584. The van der Waals surface area contributed by atoms with Crippen LogP contribution in [-0.2, 0) is 0 Å². The third-order valence-electron chi connectivity index (χ3n) is 1.73. The van der Waals surface area contributed by atoms with Gasteiger partial charge in [0.1, 0.15) is 0 Å². The minimum atomic E-state index is -0.926. The van der Waals surface area contributed by atoms with Crippen molar-refractivity contribution in [1.82, 2.24) is 4.90 Å². The number of hydrogen-bond donors (Lipinski definition) is 0. The number of hydrogen-bond acceptors (Lipinski definition) is 1. The van der Waals surface area contributed by atoms with Crippen LogP contribution in [0.3, 0.4) is 0 Å². The van der Waals surface area contributed by atoms with Gasteiger partial charge >= 0.3 is 0 Å². The second-order valence-corrected chi connectivity index (χ2v) is 10.1. The van der Waals surface area contributed by atoms with Gasteiger partial charge in [-0.3, -0.25) is 0 Å². The summed E-state index contributed by atoms with van der Waals surface area (Å²) in [6.45, 7) is 7.18. The lowest BCUT2D eigenvalue weighted by Gasteiger charge is -2.16. The molecule has 0 saturated heterocycles. The molecular weight excluding hydrogens is 174 g/mol. The summed E-state index contributed by atoms with van der Waals surface area (Å²) in [5, 5.41) is 1.68. The van der Waals surface area contributed by atoms with Crippen molar-refractivity contribution in [2.24, 2.45) is 0 Å². The van der Waals surface area contributed by atoms with Gasteiger partial charge in [0.15, 0.2) is 0 Å². The van der Waals surface area contributed by atoms with Crippen LogP contribution in [-0.4, -0.2) is 34.1 Å². The molecule has 1 nitrogen and oxygen atoms in total. The lowest BCUT2D eigenvalue weighted by Crippen LogP contribution is -2.22. The monoisotopic (exact) mass is 197 g/mol. The van der Waals surface area contributed by atoms with Gasteiger partial charge in [0.25, 0.3) is 0 Å². The maximum Gasteiger partial charge on any atom is 0.0728 e. The fourth-order valence-corrected chi connectivity index (χ4v) is 2.33. The molecular formula is C11H23NSi. The molecule has 0 spiro atoms. The van der Waals surface area contributed by atoms with Crippen molar-refractivity contribution in [3.63, 3.8) is 0 Å². The average Bonchev–Trinajstić information content (AvgIpc) is 2.31. The van der Waals surface area contributed by atoms with Gasteiger partial charge in [-0.1, -0.05) is 43.1 Å². The second kappa shape index (κ2) is 5.40. The SMILES string of the molecule is CN(C)C.C[Si](C)(C)C1=CC=CC1. The molecule has 13 heavy (non-hydrogen) atoms. The Morgan fingerprint density at radius 1 is 1.15 bits per heavy atom. The molecule has 0 N–H and O–H groups in total. The molecule has 1 aliphatic carbocycles. The van der Waals surface area contributed by atoms with E-state index in [1.807, 2.05) is 26.0 Å². The summed E-state index contributed by atoms with van der Waals surface area (Å²) in [4.78, 5) is 2.00. The smallest absolute Gasteiger partial charge is 0.0728 e. The summed E-state index contributed by atoms with van der Waals surface area (Å²) in [6, 6.07) is 0. The molecule has 0 aromatic heterocycles. The average molecular weight is 197 g/mol. The zero-order valence-electron chi connectivity index (χ0n) is 9.89. The lowest BCUT2D eigenvalue weighted by molar-refractivity contribution is 0.505. The first-order valence-electron chi connectivity index (χ1n) is 4.81. The fraction of sp³-hybridized carbons (Fsp3) is 0.636. The first-order valence-corrected chi connectivity index (χ1v) is 8.31. The van der Waals surface area contributed by atoms with E-state index in [4.69, 9.17) is 0 Å². The Hall–Kier alpha value is -0.343. The summed E-state index contributed by atoms with van der Waals surface area (Å²) in [5.74, 6) is 0. The van der Waals surface area contributed by atoms with Crippen molar-refractivity contribution < 1.29 is 0 Å². The Morgan fingerprint density at radius 3 is 1.77 bits per heavy atom. The van der Waals surface area contributed by atoms with E-state index in [0.29, 0.717) is 0 Å². The zero-order valence-corrected chi connectivity index (χ0v) is 10.9. The van der Waals surface area contributed by atoms with E-state index >= 15 is 0 Å². The van der Waals surface area contributed by atoms with Gasteiger partial charge in [0, 0.05) is 0 Å². The Bertz CT molecular complexity index is 194. The Morgan fingerprint density at radius 2 is 1.62 bits per heavy atom. The fourth-order valence-electron chi connectivity index (χ4n) is 1.00. The molecule has 0 aromatic carbocycles. The van der Waals surface area contributed by atoms with Crippen LogP contribution >= 0.6 is 0 Å². The van der Waals surface area contributed by atoms with Gasteiger partial charge in [-0.05, 0) is 27.6 Å². The normalized spacial score (nSPS) is 15.5. The van der Waals surface area contributed by atoms with E-state index in [2.05, 4.69) is 37.9 Å². The molecule has 0 bridgehead atoms. The molecule has 0 saturated carbocycles. The van der Waals surface area contributed by atoms with Crippen LogP contribution < -0.4 is 0 Å². The molecule has 0 radical (unpaired) electrons. The van der Waals surface area contributed by atoms with E-state index in [-0.39, 0.29) is 0 Å². The van der Waals surface area contributed by atoms with E-state index in [1.54, 1.807) is 5.20 Å². The lowest BCUT2D eigenvalue weighted by atomic mass is 10.5. The zero-order chi connectivity index (χ0) is 10.5. The molecule has 0 heterocycles. The molecule has 0 atom stereocenters. The maximum absolute atomic E-state index is 2.39. The number of nitrogens with zero attached hydrogens (tertiary/aromatic N) is 1. The largest absolute Gasteiger partial charge is 0.312 e. The van der Waals surface area contributed by atoms with Crippen LogP contribution in [0.4, 0.5) is 0 Å². The highest BCUT2D eigenvalue weighted by molar-refractivity contribution is 6.83. The molecule has 0 aliphatic heterocycles. The van der Waals surface area contributed by atoms with Crippen molar-refractivity contribution in [1.29, 1.82) is 0 Å². The van der Waals surface area contributed by atoms with Crippen molar-refractivity contribution >= 4 is 8.07 Å². The van der Waals surface area contributed by atoms with Gasteiger partial charge in [-0.25, -0.2) is 0 Å². The highest BCUT2D eigenvalue weighted by Crippen LogP contribution is 2.21. The summed E-state index contributed by atoms with van der Waals surface area (Å²) in [6.07, 6.45) is 7.92. The van der Waals surface area contributed by atoms with Gasteiger partial charge in [-0.15, -0.1) is 0 Å². The van der Waals surface area contributed by atoms with Crippen LogP contribution in [0.15, 0.2) is 23.4 Å². The Labute approximate surface area is 84.2 Å². The van der Waals surface area contributed by atoms with Gasteiger partial charge in [0.2, 0.25) is 0 Å². The van der Waals surface area contributed by atoms with Crippen molar-refractivity contribution in [3.05, 3.63) is 23.4 Å². The summed E-state index contributed by atoms with van der Waals surface area (Å²) in [5.41, 5.74) is 0. The standard InChI is InChI=1S/C8H14Si.C3H9N/c1-9(2,3)8-6-4-5-7-8;1-4(2)3/h4-6H,7H2,1-3H3;1-3H3. The predicted octanol–water partition coefficient (Wildman–Crippen LogP) is 2.93. The first kappa shape index (κ1) is 12.7. The third-order valence-corrected chi connectivity index (χ3v) is 4.03. The van der Waals surface area contributed by atoms with Gasteiger partial charge in [-0.2, -0.15) is 0 Å². The molecule has 1 rings (SSSR count). The summed E-state index contributed by atoms with van der Waals surface area (Å²) < 4.78 is 0. The topological polar surface area (TPSA) is 3.24 Å². The highest BCUT2D eigenvalue weighted by Gasteiger charge is 2.18. The molecule has 2 heteroatoms. The Balaban J connectivity index is 0.000000310. The van der Waals surface area contributed by atoms with Crippen LogP contribution in [0, 0.1) is 0 Å². The van der Waals surface area contributed by atoms with Crippen LogP contribution in [0.1, 0.15) is 6.42 Å². The number of rotatable bonds is 1. The highest BCUT2D eigenvalue weighted by atomic mass is 28.3. The van der Waals surface area contributed by atoms with Crippen molar-refractivity contribution in [2.45, 2.75) is 26.1 Å². The van der Waals surface area contributed by atoms with Crippen molar-refractivity contribution in [3.8, 4) is 0 Å². The van der Waals surface area contributed by atoms with E-state index in [0.717, 1.165) is 0 Å². The number of allylic oxidation sites excluding steroid dienone is 4. The van der Waals surface area contributed by atoms with E-state index < -0.39 is 8.07 Å². The van der Waals surface area contributed by atoms with Crippen LogP contribution in [0.2, 0.25) is 19.6 Å². The van der Waals surface area contributed by atoms with Gasteiger partial charge in [0.05, 0.1) is 8.07 Å². The minimum absolute atomic E-state index is 0.926. The van der Waals surface area contributed by atoms with Crippen LogP contribution in [0.5, 0.6) is 0 Å². The van der Waals surface area contributed by atoms with Gasteiger partial charge < -0.3 is 4.90 Å². The minimum Gasteiger partial charge on any atom is -0.312 e. The summed E-state index contributed by atoms with van der Waals surface area (Å²) >= 11 is 0. The van der Waals surface area contributed by atoms with Crippen LogP contribution in [0.25, 0.3) is 0 Å². The predicted molar refractivity (Wildman–Crippen MR) is 64.8 cm³/mol. The molecule has 0 unspecified atom stereocenters. The van der Waals surface area contributed by atoms with E-state index in [9.17, 15) is 0 Å². The molecule has 0 aromatic rings. The Kier molecular flexibility index (Phi) is 5.26. The molecule has 0 fully saturated rings. The first-order chi connectivity index (χ1) is 5.84. The molecule has 0 amide bonds. The maximum atomic E-state index is 2.39. The summed E-state index contributed by atoms with van der Waals surface area (Å²) in [7, 11) is 5.07. The van der Waals surface area contributed by atoms with E-state index in [1.165, 1.54) is 6.42 Å². The third kappa shape index (κ3) is 6.79. The molecule has 76 valence electrons. The van der Waals surface area contributed by atoms with Crippen molar-refractivity contribution in [2.75, 3.05) is 21.1 Å². The second-order valence-electron chi connectivity index (χ2n) is 4.92. The molecule has 1 aliphatic rings.